The van der Waals surface area contributed by atoms with Gasteiger partial charge in [-0.05, 0) is 26.0 Å². The summed E-state index contributed by atoms with van der Waals surface area (Å²) in [5.74, 6) is -0.912. The number of carbonyl (C=O) groups is 3. The molecular weight excluding hydrogens is 352 g/mol. The van der Waals surface area contributed by atoms with E-state index in [1.54, 1.807) is 24.3 Å². The maximum atomic E-state index is 13.1. The molecule has 3 rings (SSSR count). The number of hydrogen-bond donors (Lipinski definition) is 0. The number of esters is 1. The summed E-state index contributed by atoms with van der Waals surface area (Å²) in [5, 5.41) is 0. The number of ketones is 1. The van der Waals surface area contributed by atoms with Gasteiger partial charge < -0.3 is 4.74 Å². The van der Waals surface area contributed by atoms with Gasteiger partial charge in [0.25, 0.3) is 0 Å². The van der Waals surface area contributed by atoms with Gasteiger partial charge >= 0.3 is 5.97 Å². The third-order valence-corrected chi connectivity index (χ3v) is 4.46. The van der Waals surface area contributed by atoms with Crippen LogP contribution in [-0.4, -0.2) is 18.0 Å². The second kappa shape index (κ2) is 8.44. The Morgan fingerprint density at radius 3 is 1.79 bits per heavy atom. The van der Waals surface area contributed by atoms with Gasteiger partial charge in [-0.2, -0.15) is 0 Å². The molecule has 4 heteroatoms. The molecule has 0 aliphatic heterocycles. The molecule has 140 valence electrons. The highest BCUT2D eigenvalue weighted by atomic mass is 16.5. The Kier molecular flexibility index (Phi) is 5.80. The van der Waals surface area contributed by atoms with Crippen molar-refractivity contribution in [1.82, 2.24) is 0 Å². The minimum Gasteiger partial charge on any atom is -0.445 e. The summed E-state index contributed by atoms with van der Waals surface area (Å²) in [6.07, 6.45) is -0.355. The summed E-state index contributed by atoms with van der Waals surface area (Å²) in [5.41, 5.74) is 3.90. The Labute approximate surface area is 163 Å². The highest BCUT2D eigenvalue weighted by Crippen LogP contribution is 2.25. The van der Waals surface area contributed by atoms with Gasteiger partial charge in [-0.1, -0.05) is 71.8 Å². The van der Waals surface area contributed by atoms with Crippen molar-refractivity contribution in [2.24, 2.45) is 0 Å². The van der Waals surface area contributed by atoms with E-state index in [0.717, 1.165) is 11.1 Å². The molecule has 0 unspecified atom stereocenters. The van der Waals surface area contributed by atoms with Crippen LogP contribution >= 0.6 is 0 Å². The molecule has 0 aromatic heterocycles. The van der Waals surface area contributed by atoms with Gasteiger partial charge in [0.15, 0.2) is 6.10 Å². The van der Waals surface area contributed by atoms with E-state index in [-0.39, 0.29) is 11.3 Å². The molecule has 28 heavy (non-hydrogen) atoms. The number of hydrogen-bond acceptors (Lipinski definition) is 4. The van der Waals surface area contributed by atoms with Gasteiger partial charge in [-0.3, -0.25) is 9.59 Å². The van der Waals surface area contributed by atoms with Gasteiger partial charge in [0.05, 0.1) is 5.56 Å². The van der Waals surface area contributed by atoms with Crippen LogP contribution in [0.1, 0.15) is 53.9 Å². The van der Waals surface area contributed by atoms with E-state index >= 15 is 0 Å². The molecule has 0 amide bonds. The SMILES string of the molecule is Cc1ccc(C(=O)[C@H](OC(=O)c2ccc(C=O)cc2)c2ccc(C)cc2)cc1. The Bertz CT molecular complexity index is 984. The fourth-order valence-electron chi connectivity index (χ4n) is 2.76. The van der Waals surface area contributed by atoms with Crippen LogP contribution in [0.2, 0.25) is 0 Å². The van der Waals surface area contributed by atoms with Crippen molar-refractivity contribution in [1.29, 1.82) is 0 Å². The van der Waals surface area contributed by atoms with Gasteiger partial charge in [0, 0.05) is 16.7 Å². The van der Waals surface area contributed by atoms with Crippen molar-refractivity contribution in [2.75, 3.05) is 0 Å². The molecule has 0 saturated carbocycles. The van der Waals surface area contributed by atoms with Crippen LogP contribution < -0.4 is 0 Å². The minimum atomic E-state index is -1.05. The third-order valence-electron chi connectivity index (χ3n) is 4.46. The standard InChI is InChI=1S/C24H20O4/c1-16-3-9-19(10-4-16)22(26)23(20-11-5-17(2)6-12-20)28-24(27)21-13-7-18(15-25)8-14-21/h3-15,23H,1-2H3/t23-/m1/s1. The number of rotatable bonds is 6. The molecule has 0 saturated heterocycles. The Morgan fingerprint density at radius 1 is 0.750 bits per heavy atom. The first-order valence-corrected chi connectivity index (χ1v) is 8.91. The average molecular weight is 372 g/mol. The molecule has 0 fully saturated rings. The number of benzene rings is 3. The second-order valence-corrected chi connectivity index (χ2v) is 6.67. The number of ether oxygens (including phenoxy) is 1. The van der Waals surface area contributed by atoms with Crippen molar-refractivity contribution < 1.29 is 19.1 Å². The van der Waals surface area contributed by atoms with Gasteiger partial charge in [0.1, 0.15) is 6.29 Å². The van der Waals surface area contributed by atoms with Gasteiger partial charge in [0.2, 0.25) is 5.78 Å². The number of aldehydes is 1. The highest BCUT2D eigenvalue weighted by Gasteiger charge is 2.26. The first-order chi connectivity index (χ1) is 13.5. The lowest BCUT2D eigenvalue weighted by molar-refractivity contribution is 0.0280. The molecule has 0 radical (unpaired) electrons. The number of aryl methyl sites for hydroxylation is 2. The van der Waals surface area contributed by atoms with Gasteiger partial charge in [-0.25, -0.2) is 4.79 Å². The number of carbonyl (C=O) groups excluding carboxylic acids is 3. The smallest absolute Gasteiger partial charge is 0.339 e. The normalized spacial score (nSPS) is 11.5. The molecule has 0 aliphatic rings. The van der Waals surface area contributed by atoms with Crippen LogP contribution in [0.4, 0.5) is 0 Å². The zero-order valence-corrected chi connectivity index (χ0v) is 15.7. The predicted molar refractivity (Wildman–Crippen MR) is 107 cm³/mol. The van der Waals surface area contributed by atoms with E-state index in [2.05, 4.69) is 0 Å². The van der Waals surface area contributed by atoms with Crippen LogP contribution in [0.25, 0.3) is 0 Å². The quantitative estimate of drug-likeness (QED) is 0.351. The molecule has 3 aromatic rings. The van der Waals surface area contributed by atoms with E-state index in [1.165, 1.54) is 24.3 Å². The van der Waals surface area contributed by atoms with Crippen LogP contribution in [0, 0.1) is 13.8 Å². The van der Waals surface area contributed by atoms with Crippen LogP contribution in [0.15, 0.2) is 72.8 Å². The van der Waals surface area contributed by atoms with Crippen molar-refractivity contribution >= 4 is 18.0 Å². The van der Waals surface area contributed by atoms with Crippen LogP contribution in [0.5, 0.6) is 0 Å². The molecule has 0 aliphatic carbocycles. The van der Waals surface area contributed by atoms with E-state index in [1.807, 2.05) is 38.1 Å². The van der Waals surface area contributed by atoms with E-state index < -0.39 is 12.1 Å². The van der Waals surface area contributed by atoms with Crippen LogP contribution in [-0.2, 0) is 4.74 Å². The largest absolute Gasteiger partial charge is 0.445 e. The molecule has 0 heterocycles. The molecule has 0 N–H and O–H groups in total. The zero-order chi connectivity index (χ0) is 20.1. The van der Waals surface area contributed by atoms with Crippen molar-refractivity contribution in [2.45, 2.75) is 20.0 Å². The predicted octanol–water partition coefficient (Wildman–Crippen LogP) is 4.90. The molecule has 3 aromatic carbocycles. The van der Waals surface area contributed by atoms with E-state index in [0.29, 0.717) is 23.0 Å². The van der Waals surface area contributed by atoms with Gasteiger partial charge in [-0.15, -0.1) is 0 Å². The Hall–Kier alpha value is -3.53. The lowest BCUT2D eigenvalue weighted by Gasteiger charge is -2.18. The maximum absolute atomic E-state index is 13.1. The van der Waals surface area contributed by atoms with Crippen molar-refractivity contribution in [3.05, 3.63) is 106 Å². The van der Waals surface area contributed by atoms with Crippen molar-refractivity contribution in [3.8, 4) is 0 Å². The lowest BCUT2D eigenvalue weighted by atomic mass is 9.98. The van der Waals surface area contributed by atoms with E-state index in [4.69, 9.17) is 4.74 Å². The minimum absolute atomic E-state index is 0.277. The molecule has 4 nitrogen and oxygen atoms in total. The molecule has 1 atom stereocenters. The average Bonchev–Trinajstić information content (AvgIpc) is 2.73. The third kappa shape index (κ3) is 4.41. The fraction of sp³-hybridized carbons (Fsp3) is 0.125. The molecule has 0 bridgehead atoms. The summed E-state index contributed by atoms with van der Waals surface area (Å²) < 4.78 is 5.61. The first-order valence-electron chi connectivity index (χ1n) is 8.91. The molecular formula is C24H20O4. The Morgan fingerprint density at radius 2 is 1.25 bits per heavy atom. The first kappa shape index (κ1) is 19.2. The summed E-state index contributed by atoms with van der Waals surface area (Å²) >= 11 is 0. The van der Waals surface area contributed by atoms with Crippen LogP contribution in [0.3, 0.4) is 0 Å². The zero-order valence-electron chi connectivity index (χ0n) is 15.7. The number of Topliss-reactive ketones (excluding diaryl/α,β-unsaturated/α-hetero) is 1. The lowest BCUT2D eigenvalue weighted by Crippen LogP contribution is -2.20. The monoisotopic (exact) mass is 372 g/mol. The fourth-order valence-corrected chi connectivity index (χ4v) is 2.76. The summed E-state index contributed by atoms with van der Waals surface area (Å²) in [6, 6.07) is 20.6. The van der Waals surface area contributed by atoms with Crippen molar-refractivity contribution in [3.63, 3.8) is 0 Å². The highest BCUT2D eigenvalue weighted by molar-refractivity contribution is 6.02. The summed E-state index contributed by atoms with van der Waals surface area (Å²) in [4.78, 5) is 36.5. The van der Waals surface area contributed by atoms with E-state index in [9.17, 15) is 14.4 Å². The second-order valence-electron chi connectivity index (χ2n) is 6.67. The topological polar surface area (TPSA) is 60.4 Å². The summed E-state index contributed by atoms with van der Waals surface area (Å²) in [7, 11) is 0. The molecule has 0 spiro atoms. The Balaban J connectivity index is 1.92. The maximum Gasteiger partial charge on any atom is 0.339 e. The summed E-state index contributed by atoms with van der Waals surface area (Å²) in [6.45, 7) is 3.88.